The van der Waals surface area contributed by atoms with Gasteiger partial charge in [-0.15, -0.1) is 23.5 Å². The molecule has 2 aliphatic rings. The van der Waals surface area contributed by atoms with E-state index in [-0.39, 0.29) is 6.04 Å². The molecular formula is C19H24N2O4S2. The van der Waals surface area contributed by atoms with Crippen molar-refractivity contribution in [3.63, 3.8) is 0 Å². The molecule has 0 unspecified atom stereocenters. The van der Waals surface area contributed by atoms with E-state index >= 15 is 0 Å². The van der Waals surface area contributed by atoms with E-state index in [9.17, 15) is 14.4 Å². The van der Waals surface area contributed by atoms with Gasteiger partial charge in [0.05, 0.1) is 10.1 Å². The zero-order valence-electron chi connectivity index (χ0n) is 15.1. The van der Waals surface area contributed by atoms with Crippen LogP contribution in [0.2, 0.25) is 0 Å². The first kappa shape index (κ1) is 20.1. The van der Waals surface area contributed by atoms with Crippen molar-refractivity contribution < 1.29 is 19.1 Å². The normalized spacial score (nSPS) is 18.1. The summed E-state index contributed by atoms with van der Waals surface area (Å²) in [5.41, 5.74) is 1.57. The first-order valence-electron chi connectivity index (χ1n) is 9.22. The Morgan fingerprint density at radius 1 is 1.00 bits per heavy atom. The summed E-state index contributed by atoms with van der Waals surface area (Å²) in [5, 5.41) is 5.00. The number of carbonyl (C=O) groups is 3. The molecule has 3 amide bonds. The van der Waals surface area contributed by atoms with E-state index in [1.54, 1.807) is 12.1 Å². The van der Waals surface area contributed by atoms with Crippen LogP contribution in [0.1, 0.15) is 52.6 Å². The average molecular weight is 409 g/mol. The highest BCUT2D eigenvalue weighted by atomic mass is 32.2. The van der Waals surface area contributed by atoms with Gasteiger partial charge < -0.3 is 10.1 Å². The van der Waals surface area contributed by atoms with Crippen LogP contribution >= 0.6 is 23.5 Å². The molecule has 0 aromatic heterocycles. The minimum atomic E-state index is -0.632. The molecule has 1 heterocycles. The number of urea groups is 1. The number of rotatable bonds is 5. The van der Waals surface area contributed by atoms with Crippen molar-refractivity contribution in [1.29, 1.82) is 0 Å². The number of carbonyl (C=O) groups excluding carboxylic acids is 3. The molecule has 0 atom stereocenters. The number of ether oxygens (including phenoxy) is 1. The third-order valence-electron chi connectivity index (χ3n) is 4.57. The average Bonchev–Trinajstić information content (AvgIpc) is 3.22. The number of imide groups is 1. The summed E-state index contributed by atoms with van der Waals surface area (Å²) in [6, 6.07) is 6.85. The lowest BCUT2D eigenvalue weighted by Gasteiger charge is -2.22. The SMILES string of the molecule is O=C(COC(=O)c1ccc(C2SCCS2)cc1)NC(=O)NC1CCCCC1. The molecule has 1 aliphatic carbocycles. The van der Waals surface area contributed by atoms with Crippen molar-refractivity contribution in [3.8, 4) is 0 Å². The Kier molecular flexibility index (Phi) is 7.46. The van der Waals surface area contributed by atoms with Crippen LogP contribution in [0.4, 0.5) is 4.79 Å². The van der Waals surface area contributed by atoms with Gasteiger partial charge in [0.2, 0.25) is 0 Å². The number of esters is 1. The van der Waals surface area contributed by atoms with E-state index in [0.717, 1.165) is 37.2 Å². The van der Waals surface area contributed by atoms with Crippen molar-refractivity contribution in [3.05, 3.63) is 35.4 Å². The molecule has 1 saturated heterocycles. The van der Waals surface area contributed by atoms with Crippen LogP contribution in [-0.2, 0) is 9.53 Å². The van der Waals surface area contributed by atoms with E-state index in [4.69, 9.17) is 4.74 Å². The van der Waals surface area contributed by atoms with Gasteiger partial charge in [0.25, 0.3) is 5.91 Å². The van der Waals surface area contributed by atoms with Crippen LogP contribution in [0, 0.1) is 0 Å². The Morgan fingerprint density at radius 2 is 1.67 bits per heavy atom. The van der Waals surface area contributed by atoms with Crippen molar-refractivity contribution in [2.45, 2.75) is 42.7 Å². The molecule has 1 aromatic carbocycles. The molecule has 27 heavy (non-hydrogen) atoms. The highest BCUT2D eigenvalue weighted by Crippen LogP contribution is 2.45. The predicted octanol–water partition coefficient (Wildman–Crippen LogP) is 3.48. The van der Waals surface area contributed by atoms with Crippen molar-refractivity contribution in [2.75, 3.05) is 18.1 Å². The highest BCUT2D eigenvalue weighted by molar-refractivity contribution is 8.19. The highest BCUT2D eigenvalue weighted by Gasteiger charge is 2.20. The number of amides is 3. The van der Waals surface area contributed by atoms with Gasteiger partial charge in [0.1, 0.15) is 0 Å². The lowest BCUT2D eigenvalue weighted by atomic mass is 9.96. The van der Waals surface area contributed by atoms with Gasteiger partial charge in [-0.1, -0.05) is 31.4 Å². The molecule has 8 heteroatoms. The summed E-state index contributed by atoms with van der Waals surface area (Å²) >= 11 is 3.80. The Morgan fingerprint density at radius 3 is 2.33 bits per heavy atom. The lowest BCUT2D eigenvalue weighted by molar-refractivity contribution is -0.123. The first-order chi connectivity index (χ1) is 13.1. The summed E-state index contributed by atoms with van der Waals surface area (Å²) in [5.74, 6) is 1.08. The second kappa shape index (κ2) is 10.0. The summed E-state index contributed by atoms with van der Waals surface area (Å²) in [6.07, 6.45) is 5.24. The molecule has 1 aliphatic heterocycles. The van der Waals surface area contributed by atoms with Crippen molar-refractivity contribution in [2.24, 2.45) is 0 Å². The molecule has 2 N–H and O–H groups in total. The maximum Gasteiger partial charge on any atom is 0.338 e. The molecule has 6 nitrogen and oxygen atoms in total. The molecule has 0 spiro atoms. The molecule has 0 radical (unpaired) electrons. The Bertz CT molecular complexity index is 669. The van der Waals surface area contributed by atoms with Crippen molar-refractivity contribution in [1.82, 2.24) is 10.6 Å². The van der Waals surface area contributed by atoms with Crippen LogP contribution in [0.15, 0.2) is 24.3 Å². The molecule has 3 rings (SSSR count). The zero-order valence-corrected chi connectivity index (χ0v) is 16.7. The molecule has 1 aromatic rings. The number of benzene rings is 1. The fourth-order valence-electron chi connectivity index (χ4n) is 3.17. The number of hydrogen-bond donors (Lipinski definition) is 2. The minimum Gasteiger partial charge on any atom is -0.452 e. The molecule has 0 bridgehead atoms. The topological polar surface area (TPSA) is 84.5 Å². The van der Waals surface area contributed by atoms with Crippen LogP contribution in [0.5, 0.6) is 0 Å². The van der Waals surface area contributed by atoms with E-state index in [2.05, 4.69) is 10.6 Å². The number of thioether (sulfide) groups is 2. The third-order valence-corrected chi connectivity index (χ3v) is 7.67. The Labute approximate surface area is 167 Å². The van der Waals surface area contributed by atoms with E-state index in [1.807, 2.05) is 35.7 Å². The van der Waals surface area contributed by atoms with Gasteiger partial charge in [-0.2, -0.15) is 0 Å². The smallest absolute Gasteiger partial charge is 0.338 e. The predicted molar refractivity (Wildman–Crippen MR) is 108 cm³/mol. The summed E-state index contributed by atoms with van der Waals surface area (Å²) in [7, 11) is 0. The largest absolute Gasteiger partial charge is 0.452 e. The van der Waals surface area contributed by atoms with Crippen LogP contribution in [0.25, 0.3) is 0 Å². The maximum atomic E-state index is 12.1. The lowest BCUT2D eigenvalue weighted by Crippen LogP contribution is -2.46. The zero-order chi connectivity index (χ0) is 19.1. The number of hydrogen-bond acceptors (Lipinski definition) is 6. The summed E-state index contributed by atoms with van der Waals surface area (Å²) < 4.78 is 5.42. The quantitative estimate of drug-likeness (QED) is 0.726. The van der Waals surface area contributed by atoms with Gasteiger partial charge >= 0.3 is 12.0 Å². The van der Waals surface area contributed by atoms with Gasteiger partial charge in [-0.3, -0.25) is 10.1 Å². The van der Waals surface area contributed by atoms with Crippen molar-refractivity contribution >= 4 is 41.4 Å². The Balaban J connectivity index is 1.40. The maximum absolute atomic E-state index is 12.1. The second-order valence-corrected chi connectivity index (χ2v) is 9.35. The van der Waals surface area contributed by atoms with Gasteiger partial charge in [0.15, 0.2) is 6.61 Å². The van der Waals surface area contributed by atoms with E-state index < -0.39 is 24.5 Å². The Hall–Kier alpha value is -1.67. The molecule has 2 fully saturated rings. The standard InChI is InChI=1S/C19H24N2O4S2/c22-16(21-19(24)20-15-4-2-1-3-5-15)12-25-17(23)13-6-8-14(9-7-13)18-26-10-11-27-18/h6-9,15,18H,1-5,10-12H2,(H2,20,21,22,24). The molecular weight excluding hydrogens is 384 g/mol. The fourth-order valence-corrected chi connectivity index (χ4v) is 6.03. The molecule has 1 saturated carbocycles. The monoisotopic (exact) mass is 408 g/mol. The van der Waals surface area contributed by atoms with Gasteiger partial charge in [0, 0.05) is 17.5 Å². The third kappa shape index (κ3) is 6.17. The van der Waals surface area contributed by atoms with E-state index in [0.29, 0.717) is 10.1 Å². The van der Waals surface area contributed by atoms with Crippen LogP contribution in [-0.4, -0.2) is 42.1 Å². The first-order valence-corrected chi connectivity index (χ1v) is 11.3. The van der Waals surface area contributed by atoms with Gasteiger partial charge in [-0.05, 0) is 30.5 Å². The molecule has 146 valence electrons. The van der Waals surface area contributed by atoms with Crippen LogP contribution in [0.3, 0.4) is 0 Å². The summed E-state index contributed by atoms with van der Waals surface area (Å²) in [4.78, 5) is 35.7. The summed E-state index contributed by atoms with van der Waals surface area (Å²) in [6.45, 7) is -0.479. The van der Waals surface area contributed by atoms with Gasteiger partial charge in [-0.25, -0.2) is 9.59 Å². The minimum absolute atomic E-state index is 0.115. The fraction of sp³-hybridized carbons (Fsp3) is 0.526. The number of nitrogens with one attached hydrogen (secondary N) is 2. The van der Waals surface area contributed by atoms with Crippen LogP contribution < -0.4 is 10.6 Å². The van der Waals surface area contributed by atoms with E-state index in [1.165, 1.54) is 12.0 Å². The second-order valence-electron chi connectivity index (χ2n) is 6.63.